The van der Waals surface area contributed by atoms with E-state index >= 15 is 0 Å². The summed E-state index contributed by atoms with van der Waals surface area (Å²) in [6.45, 7) is 1.98. The van der Waals surface area contributed by atoms with Crippen LogP contribution in [-0.2, 0) is 6.42 Å². The smallest absolute Gasteiger partial charge is 0.163 e. The highest BCUT2D eigenvalue weighted by Gasteiger charge is 2.20. The van der Waals surface area contributed by atoms with Crippen molar-refractivity contribution in [1.29, 1.82) is 0 Å². The summed E-state index contributed by atoms with van der Waals surface area (Å²) in [6, 6.07) is 6.37. The summed E-state index contributed by atoms with van der Waals surface area (Å²) >= 11 is 0. The van der Waals surface area contributed by atoms with Crippen LogP contribution < -0.4 is 5.32 Å². The number of carbonyl (C=O) groups is 1. The van der Waals surface area contributed by atoms with Crippen LogP contribution in [0.25, 0.3) is 5.57 Å². The third-order valence-corrected chi connectivity index (χ3v) is 3.47. The molecule has 1 aromatic carbocycles. The number of Topliss-reactive ketones (excluding diaryl/α,β-unsaturated/α-hetero) is 1. The van der Waals surface area contributed by atoms with Gasteiger partial charge in [0.05, 0.1) is 0 Å². The predicted molar refractivity (Wildman–Crippen MR) is 64.6 cm³/mol. The molecule has 1 aliphatic heterocycles. The first-order valence-electron chi connectivity index (χ1n) is 5.91. The van der Waals surface area contributed by atoms with Gasteiger partial charge in [0, 0.05) is 18.5 Å². The Balaban J connectivity index is 2.00. The molecule has 0 radical (unpaired) electrons. The maximum Gasteiger partial charge on any atom is 0.163 e. The summed E-state index contributed by atoms with van der Waals surface area (Å²) < 4.78 is 0. The van der Waals surface area contributed by atoms with E-state index in [2.05, 4.69) is 29.6 Å². The maximum absolute atomic E-state index is 11.7. The zero-order valence-electron chi connectivity index (χ0n) is 9.25. The monoisotopic (exact) mass is 213 g/mol. The van der Waals surface area contributed by atoms with E-state index in [1.54, 1.807) is 0 Å². The fraction of sp³-hybridized carbons (Fsp3) is 0.357. The lowest BCUT2D eigenvalue weighted by Gasteiger charge is -2.14. The van der Waals surface area contributed by atoms with Gasteiger partial charge in [0.2, 0.25) is 0 Å². The molecule has 2 aliphatic rings. The van der Waals surface area contributed by atoms with Gasteiger partial charge in [-0.2, -0.15) is 0 Å². The van der Waals surface area contributed by atoms with E-state index in [0.29, 0.717) is 12.2 Å². The third kappa shape index (κ3) is 1.59. The van der Waals surface area contributed by atoms with Crippen LogP contribution in [0.5, 0.6) is 0 Å². The molecule has 0 saturated heterocycles. The van der Waals surface area contributed by atoms with Gasteiger partial charge in [0.15, 0.2) is 5.78 Å². The van der Waals surface area contributed by atoms with Crippen molar-refractivity contribution in [2.45, 2.75) is 19.3 Å². The molecule has 1 aromatic rings. The standard InChI is InChI=1S/C14H15NO/c16-14-4-3-11-1-2-12(9-13(11)14)10-5-7-15-8-6-10/h1-2,5,9,15H,3-4,6-8H2. The van der Waals surface area contributed by atoms with Crippen LogP contribution in [0.1, 0.15) is 34.3 Å². The van der Waals surface area contributed by atoms with Crippen molar-refractivity contribution in [3.63, 3.8) is 0 Å². The highest BCUT2D eigenvalue weighted by molar-refractivity contribution is 6.01. The molecule has 2 heteroatoms. The lowest BCUT2D eigenvalue weighted by Crippen LogP contribution is -2.20. The van der Waals surface area contributed by atoms with Gasteiger partial charge in [-0.3, -0.25) is 4.79 Å². The molecule has 3 rings (SSSR count). The molecule has 1 aliphatic carbocycles. The van der Waals surface area contributed by atoms with Crippen molar-refractivity contribution in [2.24, 2.45) is 0 Å². The van der Waals surface area contributed by atoms with Gasteiger partial charge in [-0.15, -0.1) is 0 Å². The normalized spacial score (nSPS) is 19.5. The van der Waals surface area contributed by atoms with Crippen molar-refractivity contribution >= 4 is 11.4 Å². The van der Waals surface area contributed by atoms with Gasteiger partial charge in [-0.1, -0.05) is 18.2 Å². The van der Waals surface area contributed by atoms with E-state index in [0.717, 1.165) is 31.5 Å². The molecule has 0 atom stereocenters. The summed E-state index contributed by atoms with van der Waals surface area (Å²) in [5, 5.41) is 3.30. The van der Waals surface area contributed by atoms with Crippen LogP contribution in [0.3, 0.4) is 0 Å². The number of aryl methyl sites for hydroxylation is 1. The number of hydrogen-bond acceptors (Lipinski definition) is 2. The molecule has 2 nitrogen and oxygen atoms in total. The summed E-state index contributed by atoms with van der Waals surface area (Å²) in [5.41, 5.74) is 4.79. The van der Waals surface area contributed by atoms with Crippen LogP contribution in [0, 0.1) is 0 Å². The number of carbonyl (C=O) groups excluding carboxylic acids is 1. The van der Waals surface area contributed by atoms with E-state index in [-0.39, 0.29) is 0 Å². The van der Waals surface area contributed by atoms with E-state index < -0.39 is 0 Å². The van der Waals surface area contributed by atoms with Gasteiger partial charge >= 0.3 is 0 Å². The molecule has 0 unspecified atom stereocenters. The fourth-order valence-electron chi connectivity index (χ4n) is 2.52. The topological polar surface area (TPSA) is 29.1 Å². The number of benzene rings is 1. The Hall–Kier alpha value is -1.41. The van der Waals surface area contributed by atoms with E-state index in [1.165, 1.54) is 16.7 Å². The summed E-state index contributed by atoms with van der Waals surface area (Å²) in [6.07, 6.45) is 4.91. The lowest BCUT2D eigenvalue weighted by molar-refractivity contribution is 0.0994. The van der Waals surface area contributed by atoms with Crippen LogP contribution in [0.15, 0.2) is 24.3 Å². The minimum atomic E-state index is 0.311. The number of hydrogen-bond donors (Lipinski definition) is 1. The van der Waals surface area contributed by atoms with Gasteiger partial charge in [0.1, 0.15) is 0 Å². The highest BCUT2D eigenvalue weighted by Crippen LogP contribution is 2.27. The number of rotatable bonds is 1. The van der Waals surface area contributed by atoms with Gasteiger partial charge in [-0.25, -0.2) is 0 Å². The first-order valence-corrected chi connectivity index (χ1v) is 5.91. The highest BCUT2D eigenvalue weighted by atomic mass is 16.1. The Bertz CT molecular complexity index is 474. The summed E-state index contributed by atoms with van der Waals surface area (Å²) in [5.74, 6) is 0.311. The molecule has 0 spiro atoms. The maximum atomic E-state index is 11.7. The minimum absolute atomic E-state index is 0.311. The van der Waals surface area contributed by atoms with Crippen LogP contribution >= 0.6 is 0 Å². The summed E-state index contributed by atoms with van der Waals surface area (Å²) in [7, 11) is 0. The summed E-state index contributed by atoms with van der Waals surface area (Å²) in [4.78, 5) is 11.7. The van der Waals surface area contributed by atoms with Gasteiger partial charge in [0.25, 0.3) is 0 Å². The van der Waals surface area contributed by atoms with Crippen molar-refractivity contribution < 1.29 is 4.79 Å². The molecule has 0 bridgehead atoms. The Morgan fingerprint density at radius 3 is 2.88 bits per heavy atom. The second kappa shape index (κ2) is 3.87. The average molecular weight is 213 g/mol. The van der Waals surface area contributed by atoms with Crippen LogP contribution in [-0.4, -0.2) is 18.9 Å². The molecular formula is C14H15NO. The molecule has 16 heavy (non-hydrogen) atoms. The first kappa shape index (κ1) is 9.79. The average Bonchev–Trinajstić information content (AvgIpc) is 2.72. The van der Waals surface area contributed by atoms with Crippen molar-refractivity contribution in [2.75, 3.05) is 13.1 Å². The first-order chi connectivity index (χ1) is 7.84. The van der Waals surface area contributed by atoms with E-state index in [9.17, 15) is 4.79 Å². The second-order valence-electron chi connectivity index (χ2n) is 4.48. The molecule has 0 saturated carbocycles. The SMILES string of the molecule is O=C1CCc2ccc(C3=CCNCC3)cc21. The van der Waals surface area contributed by atoms with E-state index in [1.807, 2.05) is 0 Å². The Kier molecular flexibility index (Phi) is 2.37. The van der Waals surface area contributed by atoms with Crippen LogP contribution in [0.4, 0.5) is 0 Å². The third-order valence-electron chi connectivity index (χ3n) is 3.47. The quantitative estimate of drug-likeness (QED) is 0.774. The van der Waals surface area contributed by atoms with Crippen molar-refractivity contribution in [3.8, 4) is 0 Å². The molecule has 0 aromatic heterocycles. The Labute approximate surface area is 95.4 Å². The Morgan fingerprint density at radius 1 is 1.12 bits per heavy atom. The van der Waals surface area contributed by atoms with Gasteiger partial charge in [-0.05, 0) is 42.2 Å². The molecule has 82 valence electrons. The lowest BCUT2D eigenvalue weighted by atomic mass is 9.97. The van der Waals surface area contributed by atoms with Gasteiger partial charge < -0.3 is 5.32 Å². The largest absolute Gasteiger partial charge is 0.313 e. The van der Waals surface area contributed by atoms with Crippen molar-refractivity contribution in [3.05, 3.63) is 41.0 Å². The van der Waals surface area contributed by atoms with Crippen molar-refractivity contribution in [1.82, 2.24) is 5.32 Å². The molecule has 0 fully saturated rings. The zero-order valence-corrected chi connectivity index (χ0v) is 9.25. The van der Waals surface area contributed by atoms with E-state index in [4.69, 9.17) is 0 Å². The molecule has 1 N–H and O–H groups in total. The molecular weight excluding hydrogens is 198 g/mol. The molecule has 1 heterocycles. The second-order valence-corrected chi connectivity index (χ2v) is 4.48. The van der Waals surface area contributed by atoms with Crippen LogP contribution in [0.2, 0.25) is 0 Å². The number of ketones is 1. The zero-order chi connectivity index (χ0) is 11.0. The predicted octanol–water partition coefficient (Wildman–Crippen LogP) is 2.19. The number of nitrogens with one attached hydrogen (secondary N) is 1. The fourth-order valence-corrected chi connectivity index (χ4v) is 2.52. The number of fused-ring (bicyclic) bond motifs is 1. The Morgan fingerprint density at radius 2 is 2.06 bits per heavy atom. The minimum Gasteiger partial charge on any atom is -0.313 e. The molecule has 0 amide bonds.